The third-order valence-corrected chi connectivity index (χ3v) is 4.84. The fourth-order valence-corrected chi connectivity index (χ4v) is 3.46. The highest BCUT2D eigenvalue weighted by molar-refractivity contribution is 7.15. The van der Waals surface area contributed by atoms with Crippen LogP contribution in [0.3, 0.4) is 0 Å². The van der Waals surface area contributed by atoms with Gasteiger partial charge < -0.3 is 14.8 Å². The van der Waals surface area contributed by atoms with Gasteiger partial charge in [0.05, 0.1) is 20.3 Å². The second-order valence-corrected chi connectivity index (χ2v) is 6.84. The third kappa shape index (κ3) is 4.29. The van der Waals surface area contributed by atoms with Crippen molar-refractivity contribution in [1.82, 2.24) is 10.2 Å². The second-order valence-electron chi connectivity index (χ2n) is 5.78. The van der Waals surface area contributed by atoms with Crippen molar-refractivity contribution in [2.75, 3.05) is 19.5 Å². The Morgan fingerprint density at radius 2 is 1.85 bits per heavy atom. The molecule has 0 amide bonds. The van der Waals surface area contributed by atoms with Crippen molar-refractivity contribution in [2.45, 2.75) is 19.4 Å². The van der Waals surface area contributed by atoms with Crippen LogP contribution in [0.1, 0.15) is 29.1 Å². The molecule has 0 bridgehead atoms. The second kappa shape index (κ2) is 8.14. The van der Waals surface area contributed by atoms with Gasteiger partial charge in [-0.05, 0) is 36.8 Å². The number of methoxy groups -OCH3 is 2. The SMILES string of the molecule is COc1ccc(C(C)Nc2nnc(Cc3ccc(F)cc3)s2)c(OC)c1. The first-order valence-corrected chi connectivity index (χ1v) is 8.96. The number of hydrogen-bond donors (Lipinski definition) is 1. The maximum absolute atomic E-state index is 13.0. The summed E-state index contributed by atoms with van der Waals surface area (Å²) in [4.78, 5) is 0. The molecule has 0 aliphatic carbocycles. The Kier molecular flexibility index (Phi) is 5.68. The van der Waals surface area contributed by atoms with Crippen LogP contribution < -0.4 is 14.8 Å². The van der Waals surface area contributed by atoms with E-state index in [4.69, 9.17) is 9.47 Å². The average Bonchev–Trinajstić information content (AvgIpc) is 3.09. The molecule has 26 heavy (non-hydrogen) atoms. The van der Waals surface area contributed by atoms with Crippen LogP contribution in [0, 0.1) is 5.82 Å². The number of aromatic nitrogens is 2. The van der Waals surface area contributed by atoms with E-state index in [2.05, 4.69) is 15.5 Å². The zero-order valence-corrected chi connectivity index (χ0v) is 15.6. The number of rotatable bonds is 7. The molecule has 3 rings (SSSR count). The van der Waals surface area contributed by atoms with Crippen molar-refractivity contribution >= 4 is 16.5 Å². The van der Waals surface area contributed by atoms with Crippen LogP contribution in [-0.4, -0.2) is 24.4 Å². The van der Waals surface area contributed by atoms with Crippen molar-refractivity contribution in [3.05, 3.63) is 64.4 Å². The number of nitrogens with one attached hydrogen (secondary N) is 1. The molecule has 136 valence electrons. The van der Waals surface area contributed by atoms with Gasteiger partial charge in [0.25, 0.3) is 0 Å². The Morgan fingerprint density at radius 1 is 1.08 bits per heavy atom. The number of anilines is 1. The summed E-state index contributed by atoms with van der Waals surface area (Å²) in [5, 5.41) is 13.4. The standard InChI is InChI=1S/C19H20FN3O2S/c1-12(16-9-8-15(24-2)11-17(16)25-3)21-19-23-22-18(26-19)10-13-4-6-14(20)7-5-13/h4-9,11-12H,10H2,1-3H3,(H,21,23). The van der Waals surface area contributed by atoms with Crippen molar-refractivity contribution in [3.8, 4) is 11.5 Å². The van der Waals surface area contributed by atoms with E-state index in [1.165, 1.54) is 23.5 Å². The maximum atomic E-state index is 13.0. The van der Waals surface area contributed by atoms with Crippen LogP contribution in [0.25, 0.3) is 0 Å². The molecule has 0 spiro atoms. The molecule has 5 nitrogen and oxygen atoms in total. The number of hydrogen-bond acceptors (Lipinski definition) is 6. The van der Waals surface area contributed by atoms with Gasteiger partial charge in [-0.1, -0.05) is 23.5 Å². The number of ether oxygens (including phenoxy) is 2. The van der Waals surface area contributed by atoms with E-state index in [-0.39, 0.29) is 11.9 Å². The van der Waals surface area contributed by atoms with E-state index in [0.717, 1.165) is 32.8 Å². The quantitative estimate of drug-likeness (QED) is 0.663. The van der Waals surface area contributed by atoms with Crippen molar-refractivity contribution in [2.24, 2.45) is 0 Å². The number of halogens is 1. The molecule has 1 heterocycles. The molecule has 0 radical (unpaired) electrons. The van der Waals surface area contributed by atoms with Gasteiger partial charge in [-0.2, -0.15) is 0 Å². The summed E-state index contributed by atoms with van der Waals surface area (Å²) in [6, 6.07) is 12.1. The lowest BCUT2D eigenvalue weighted by atomic mass is 10.1. The first-order chi connectivity index (χ1) is 12.6. The van der Waals surface area contributed by atoms with Gasteiger partial charge in [0, 0.05) is 18.1 Å². The average molecular weight is 373 g/mol. The highest BCUT2D eigenvalue weighted by Crippen LogP contribution is 2.32. The number of nitrogens with zero attached hydrogens (tertiary/aromatic N) is 2. The molecule has 1 N–H and O–H groups in total. The minimum atomic E-state index is -0.240. The molecule has 7 heteroatoms. The summed E-state index contributed by atoms with van der Waals surface area (Å²) in [5.74, 6) is 1.26. The van der Waals surface area contributed by atoms with E-state index in [1.54, 1.807) is 26.4 Å². The maximum Gasteiger partial charge on any atom is 0.206 e. The van der Waals surface area contributed by atoms with Crippen molar-refractivity contribution < 1.29 is 13.9 Å². The minimum absolute atomic E-state index is 0.0116. The highest BCUT2D eigenvalue weighted by Gasteiger charge is 2.15. The van der Waals surface area contributed by atoms with Crippen molar-refractivity contribution in [3.63, 3.8) is 0 Å². The zero-order valence-electron chi connectivity index (χ0n) is 14.8. The Labute approximate surface area is 155 Å². The summed E-state index contributed by atoms with van der Waals surface area (Å²) in [6.45, 7) is 2.03. The summed E-state index contributed by atoms with van der Waals surface area (Å²) in [6.07, 6.45) is 0.625. The van der Waals surface area contributed by atoms with E-state index < -0.39 is 0 Å². The highest BCUT2D eigenvalue weighted by atomic mass is 32.1. The predicted octanol–water partition coefficient (Wildman–Crippen LogP) is 4.46. The van der Waals surface area contributed by atoms with E-state index in [0.29, 0.717) is 6.42 Å². The molecule has 0 aliphatic heterocycles. The van der Waals surface area contributed by atoms with E-state index in [9.17, 15) is 4.39 Å². The van der Waals surface area contributed by atoms with Crippen LogP contribution in [0.4, 0.5) is 9.52 Å². The fraction of sp³-hybridized carbons (Fsp3) is 0.263. The van der Waals surface area contributed by atoms with Crippen LogP contribution >= 0.6 is 11.3 Å². The lowest BCUT2D eigenvalue weighted by molar-refractivity contribution is 0.390. The molecule has 1 unspecified atom stereocenters. The van der Waals surface area contributed by atoms with Crippen LogP contribution in [0.2, 0.25) is 0 Å². The summed E-state index contributed by atoms with van der Waals surface area (Å²) >= 11 is 1.48. The van der Waals surface area contributed by atoms with Gasteiger partial charge in [0.2, 0.25) is 5.13 Å². The molecule has 1 atom stereocenters. The molecular formula is C19H20FN3O2S. The lowest BCUT2D eigenvalue weighted by Crippen LogP contribution is -2.08. The minimum Gasteiger partial charge on any atom is -0.497 e. The van der Waals surface area contributed by atoms with Crippen LogP contribution in [0.15, 0.2) is 42.5 Å². The van der Waals surface area contributed by atoms with Gasteiger partial charge in [0.15, 0.2) is 0 Å². The largest absolute Gasteiger partial charge is 0.497 e. The van der Waals surface area contributed by atoms with Gasteiger partial charge in [0.1, 0.15) is 22.3 Å². The van der Waals surface area contributed by atoms with E-state index in [1.807, 2.05) is 25.1 Å². The summed E-state index contributed by atoms with van der Waals surface area (Å²) < 4.78 is 23.7. The molecule has 0 saturated heterocycles. The fourth-order valence-electron chi connectivity index (χ4n) is 2.60. The monoisotopic (exact) mass is 373 g/mol. The molecule has 0 saturated carbocycles. The predicted molar refractivity (Wildman–Crippen MR) is 101 cm³/mol. The van der Waals surface area contributed by atoms with Gasteiger partial charge in [-0.15, -0.1) is 10.2 Å². The van der Waals surface area contributed by atoms with Crippen LogP contribution in [-0.2, 0) is 6.42 Å². The Morgan fingerprint density at radius 3 is 2.54 bits per heavy atom. The molecule has 2 aromatic carbocycles. The zero-order chi connectivity index (χ0) is 18.5. The van der Waals surface area contributed by atoms with Gasteiger partial charge in [-0.3, -0.25) is 0 Å². The lowest BCUT2D eigenvalue weighted by Gasteiger charge is -2.17. The molecule has 0 aliphatic rings. The molecule has 1 aromatic heterocycles. The topological polar surface area (TPSA) is 56.3 Å². The summed E-state index contributed by atoms with van der Waals surface area (Å²) in [7, 11) is 3.26. The van der Waals surface area contributed by atoms with E-state index >= 15 is 0 Å². The summed E-state index contributed by atoms with van der Waals surface area (Å²) in [5.41, 5.74) is 2.00. The Balaban J connectivity index is 1.69. The molecule has 0 fully saturated rings. The van der Waals surface area contributed by atoms with Crippen molar-refractivity contribution in [1.29, 1.82) is 0 Å². The smallest absolute Gasteiger partial charge is 0.206 e. The molecular weight excluding hydrogens is 353 g/mol. The first kappa shape index (κ1) is 18.1. The Hall–Kier alpha value is -2.67. The third-order valence-electron chi connectivity index (χ3n) is 3.98. The molecule has 3 aromatic rings. The number of benzene rings is 2. The normalized spacial score (nSPS) is 11.8. The Bertz CT molecular complexity index is 867. The van der Waals surface area contributed by atoms with Crippen LogP contribution in [0.5, 0.6) is 11.5 Å². The van der Waals surface area contributed by atoms with Gasteiger partial charge >= 0.3 is 0 Å². The van der Waals surface area contributed by atoms with Gasteiger partial charge in [-0.25, -0.2) is 4.39 Å². The first-order valence-electron chi connectivity index (χ1n) is 8.14.